The van der Waals surface area contributed by atoms with Gasteiger partial charge >= 0.3 is 0 Å². The summed E-state index contributed by atoms with van der Waals surface area (Å²) in [7, 11) is -0.0490. The van der Waals surface area contributed by atoms with Crippen LogP contribution < -0.4 is 4.74 Å². The third-order valence-corrected chi connectivity index (χ3v) is 12.7. The molecule has 1 fully saturated rings. The van der Waals surface area contributed by atoms with Crippen molar-refractivity contribution in [1.82, 2.24) is 0 Å². The van der Waals surface area contributed by atoms with Crippen LogP contribution in [0, 0.1) is 17.8 Å². The lowest BCUT2D eigenvalue weighted by atomic mass is 9.89. The normalized spacial score (nSPS) is 25.1. The Balaban J connectivity index is 1.35. The fraction of sp³-hybridized carbons (Fsp3) is 0.655. The van der Waals surface area contributed by atoms with E-state index in [2.05, 4.69) is 64.7 Å². The van der Waals surface area contributed by atoms with Crippen LogP contribution >= 0.6 is 0 Å². The molecule has 0 bridgehead atoms. The second-order valence-electron chi connectivity index (χ2n) is 11.5. The first kappa shape index (κ1) is 26.2. The Bertz CT molecular complexity index is 790. The monoisotopic (exact) mass is 470 g/mol. The molecule has 184 valence electrons. The van der Waals surface area contributed by atoms with Crippen LogP contribution in [0.1, 0.15) is 64.9 Å². The average Bonchev–Trinajstić information content (AvgIpc) is 3.28. The maximum atomic E-state index is 6.84. The first-order valence-electron chi connectivity index (χ1n) is 12.8. The van der Waals surface area contributed by atoms with Gasteiger partial charge < -0.3 is 13.9 Å². The van der Waals surface area contributed by atoms with Gasteiger partial charge in [0.2, 0.25) is 0 Å². The molecule has 0 saturated heterocycles. The zero-order valence-corrected chi connectivity index (χ0v) is 22.9. The van der Waals surface area contributed by atoms with Gasteiger partial charge in [0.25, 0.3) is 0 Å². The van der Waals surface area contributed by atoms with Crippen molar-refractivity contribution in [2.24, 2.45) is 17.8 Å². The van der Waals surface area contributed by atoms with E-state index in [0.717, 1.165) is 18.8 Å². The molecule has 0 N–H and O–H groups in total. The number of hydrogen-bond acceptors (Lipinski definition) is 3. The largest absolute Gasteiger partial charge is 0.497 e. The lowest BCUT2D eigenvalue weighted by Crippen LogP contribution is -2.45. The quantitative estimate of drug-likeness (QED) is 0.176. The second kappa shape index (κ2) is 11.4. The zero-order valence-electron chi connectivity index (χ0n) is 21.9. The Morgan fingerprint density at radius 2 is 1.82 bits per heavy atom. The molecule has 33 heavy (non-hydrogen) atoms. The van der Waals surface area contributed by atoms with E-state index >= 15 is 0 Å². The van der Waals surface area contributed by atoms with E-state index in [0.29, 0.717) is 30.5 Å². The zero-order chi connectivity index (χ0) is 24.1. The summed E-state index contributed by atoms with van der Waals surface area (Å²) in [6.07, 6.45) is 12.4. The molecule has 1 aromatic rings. The molecule has 0 spiro atoms. The van der Waals surface area contributed by atoms with Gasteiger partial charge in [0.15, 0.2) is 8.32 Å². The van der Waals surface area contributed by atoms with Crippen LogP contribution in [0.2, 0.25) is 18.1 Å². The molecule has 3 nitrogen and oxygen atoms in total. The minimum Gasteiger partial charge on any atom is -0.497 e. The van der Waals surface area contributed by atoms with Crippen molar-refractivity contribution in [3.63, 3.8) is 0 Å². The van der Waals surface area contributed by atoms with Crippen molar-refractivity contribution in [2.75, 3.05) is 13.7 Å². The number of hydrogen-bond donors (Lipinski definition) is 0. The average molecular weight is 471 g/mol. The standard InChI is InChI=1S/C29H46O3Si/c1-8-26-27-19-23(18-24(27)20-28(26)32-33(6,7)29(2,3)4)12-10-9-11-17-31-21-22-13-15-25(30-5)16-14-22/h8,13-16,18,24,26-28H,1,9-12,17,19-21H2,2-7H3/t24-,26+,27-,28+/m0/s1. The van der Waals surface area contributed by atoms with Gasteiger partial charge in [-0.2, -0.15) is 0 Å². The molecule has 1 saturated carbocycles. The molecule has 3 rings (SSSR count). The molecule has 4 atom stereocenters. The highest BCUT2D eigenvalue weighted by molar-refractivity contribution is 6.74. The van der Waals surface area contributed by atoms with E-state index in [-0.39, 0.29) is 5.04 Å². The van der Waals surface area contributed by atoms with Crippen molar-refractivity contribution in [3.05, 3.63) is 54.1 Å². The van der Waals surface area contributed by atoms with E-state index in [1.165, 1.54) is 37.7 Å². The summed E-state index contributed by atoms with van der Waals surface area (Å²) in [6.45, 7) is 17.5. The minimum absolute atomic E-state index is 0.260. The number of ether oxygens (including phenoxy) is 2. The highest BCUT2D eigenvalue weighted by atomic mass is 28.4. The van der Waals surface area contributed by atoms with E-state index in [1.807, 2.05) is 12.1 Å². The number of allylic oxidation sites excluding steroid dienone is 2. The summed E-state index contributed by atoms with van der Waals surface area (Å²) < 4.78 is 17.9. The third-order valence-electron chi connectivity index (χ3n) is 8.16. The van der Waals surface area contributed by atoms with Crippen molar-refractivity contribution in [2.45, 2.75) is 90.1 Å². The summed E-state index contributed by atoms with van der Waals surface area (Å²) in [5.41, 5.74) is 2.87. The summed E-state index contributed by atoms with van der Waals surface area (Å²) in [5.74, 6) is 2.79. The van der Waals surface area contributed by atoms with Crippen LogP contribution in [-0.2, 0) is 15.8 Å². The Kier molecular flexibility index (Phi) is 9.05. The smallest absolute Gasteiger partial charge is 0.192 e. The molecule has 4 heteroatoms. The van der Waals surface area contributed by atoms with Gasteiger partial charge in [-0.1, -0.05) is 57.0 Å². The number of unbranched alkanes of at least 4 members (excludes halogenated alkanes) is 2. The predicted molar refractivity (Wildman–Crippen MR) is 141 cm³/mol. The second-order valence-corrected chi connectivity index (χ2v) is 16.3. The highest BCUT2D eigenvalue weighted by Crippen LogP contribution is 2.51. The van der Waals surface area contributed by atoms with Gasteiger partial charge in [-0.3, -0.25) is 0 Å². The fourth-order valence-corrected chi connectivity index (χ4v) is 6.52. The summed E-state index contributed by atoms with van der Waals surface area (Å²) in [6, 6.07) is 8.12. The SMILES string of the molecule is C=C[C@@H]1[C@H]2CC(CCCCCOCc3ccc(OC)cc3)=C[C@H]2C[C@H]1O[Si](C)(C)C(C)(C)C. The van der Waals surface area contributed by atoms with Crippen LogP contribution in [0.4, 0.5) is 0 Å². The first-order valence-corrected chi connectivity index (χ1v) is 15.8. The Morgan fingerprint density at radius 3 is 2.45 bits per heavy atom. The van der Waals surface area contributed by atoms with Crippen LogP contribution in [0.15, 0.2) is 48.6 Å². The molecular formula is C29H46O3Si. The van der Waals surface area contributed by atoms with Crippen LogP contribution in [0.5, 0.6) is 5.75 Å². The highest BCUT2D eigenvalue weighted by Gasteiger charge is 2.48. The molecule has 2 aliphatic rings. The van der Waals surface area contributed by atoms with E-state index < -0.39 is 8.32 Å². The molecule has 0 aromatic heterocycles. The first-order chi connectivity index (χ1) is 15.6. The lowest BCUT2D eigenvalue weighted by molar-refractivity contribution is 0.117. The molecule has 0 radical (unpaired) electrons. The predicted octanol–water partition coefficient (Wildman–Crippen LogP) is 7.93. The van der Waals surface area contributed by atoms with Crippen molar-refractivity contribution < 1.29 is 13.9 Å². The Morgan fingerprint density at radius 1 is 1.09 bits per heavy atom. The number of rotatable bonds is 12. The molecule has 0 unspecified atom stereocenters. The number of methoxy groups -OCH3 is 1. The summed E-state index contributed by atoms with van der Waals surface area (Å²) in [4.78, 5) is 0. The van der Waals surface area contributed by atoms with Crippen molar-refractivity contribution in [1.29, 1.82) is 0 Å². The van der Waals surface area contributed by atoms with E-state index in [1.54, 1.807) is 12.7 Å². The summed E-state index contributed by atoms with van der Waals surface area (Å²) in [5, 5.41) is 0.260. The van der Waals surface area contributed by atoms with Gasteiger partial charge in [0, 0.05) is 12.5 Å². The minimum atomic E-state index is -1.74. The van der Waals surface area contributed by atoms with Crippen LogP contribution in [-0.4, -0.2) is 28.1 Å². The molecule has 1 aromatic carbocycles. The van der Waals surface area contributed by atoms with Gasteiger partial charge in [0.1, 0.15) is 5.75 Å². The number of fused-ring (bicyclic) bond motifs is 1. The number of benzene rings is 1. The molecule has 2 aliphatic carbocycles. The van der Waals surface area contributed by atoms with Crippen LogP contribution in [0.25, 0.3) is 0 Å². The topological polar surface area (TPSA) is 27.7 Å². The Hall–Kier alpha value is -1.36. The molecular weight excluding hydrogens is 424 g/mol. The van der Waals surface area contributed by atoms with Gasteiger partial charge in [-0.25, -0.2) is 0 Å². The van der Waals surface area contributed by atoms with Gasteiger partial charge in [-0.05, 0) is 79.8 Å². The third kappa shape index (κ3) is 6.83. The van der Waals surface area contributed by atoms with Gasteiger partial charge in [-0.15, -0.1) is 6.58 Å². The van der Waals surface area contributed by atoms with Gasteiger partial charge in [0.05, 0.1) is 19.8 Å². The van der Waals surface area contributed by atoms with E-state index in [9.17, 15) is 0 Å². The van der Waals surface area contributed by atoms with Crippen molar-refractivity contribution in [3.8, 4) is 5.75 Å². The fourth-order valence-electron chi connectivity index (χ4n) is 5.15. The maximum absolute atomic E-state index is 6.84. The molecule has 0 aliphatic heterocycles. The lowest BCUT2D eigenvalue weighted by Gasteiger charge is -2.40. The summed E-state index contributed by atoms with van der Waals surface area (Å²) >= 11 is 0. The van der Waals surface area contributed by atoms with E-state index in [4.69, 9.17) is 13.9 Å². The molecule has 0 amide bonds. The maximum Gasteiger partial charge on any atom is 0.192 e. The van der Waals surface area contributed by atoms with Crippen LogP contribution in [0.3, 0.4) is 0 Å². The van der Waals surface area contributed by atoms with Crippen molar-refractivity contribution >= 4 is 8.32 Å². The molecule has 0 heterocycles. The Labute approximate surface area is 203 Å².